The van der Waals surface area contributed by atoms with E-state index in [9.17, 15) is 4.79 Å². The van der Waals surface area contributed by atoms with Crippen LogP contribution in [-0.4, -0.2) is 25.7 Å². The molecule has 2 aromatic carbocycles. The third kappa shape index (κ3) is 3.88. The minimum atomic E-state index is 0.0387. The molecule has 0 saturated heterocycles. The molecule has 0 aromatic heterocycles. The summed E-state index contributed by atoms with van der Waals surface area (Å²) in [6.45, 7) is 7.77. The van der Waals surface area contributed by atoms with Gasteiger partial charge in [0.25, 0.3) is 5.91 Å². The van der Waals surface area contributed by atoms with E-state index >= 15 is 0 Å². The molecule has 0 N–H and O–H groups in total. The summed E-state index contributed by atoms with van der Waals surface area (Å²) < 4.78 is 12.3. The summed E-state index contributed by atoms with van der Waals surface area (Å²) >= 11 is 3.61. The number of halogens is 1. The van der Waals surface area contributed by atoms with Gasteiger partial charge in [-0.25, -0.2) is 0 Å². The summed E-state index contributed by atoms with van der Waals surface area (Å²) in [6.07, 6.45) is 2.84. The second kappa shape index (κ2) is 8.61. The summed E-state index contributed by atoms with van der Waals surface area (Å²) in [4.78, 5) is 14.9. The minimum Gasteiger partial charge on any atom is -0.490 e. The summed E-state index contributed by atoms with van der Waals surface area (Å²) in [5, 5.41) is 0. The van der Waals surface area contributed by atoms with E-state index in [1.165, 1.54) is 0 Å². The second-order valence-electron chi connectivity index (χ2n) is 6.22. The maximum atomic E-state index is 13.0. The summed E-state index contributed by atoms with van der Waals surface area (Å²) in [5.41, 5.74) is 3.53. The third-order valence-corrected chi connectivity index (χ3v) is 5.06. The zero-order valence-corrected chi connectivity index (χ0v) is 17.5. The number of fused-ring (bicyclic) bond motifs is 1. The molecular weight excluding hydrogens is 406 g/mol. The maximum Gasteiger partial charge on any atom is 0.258 e. The Labute approximate surface area is 168 Å². The molecule has 0 radical (unpaired) electrons. The number of anilines is 1. The van der Waals surface area contributed by atoms with E-state index < -0.39 is 0 Å². The van der Waals surface area contributed by atoms with Gasteiger partial charge >= 0.3 is 0 Å². The van der Waals surface area contributed by atoms with E-state index in [-0.39, 0.29) is 5.91 Å². The molecule has 4 nitrogen and oxygen atoms in total. The van der Waals surface area contributed by atoms with Gasteiger partial charge in [0.2, 0.25) is 0 Å². The van der Waals surface area contributed by atoms with Crippen molar-refractivity contribution < 1.29 is 14.3 Å². The Balaban J connectivity index is 2.08. The van der Waals surface area contributed by atoms with Gasteiger partial charge in [0, 0.05) is 22.2 Å². The number of ether oxygens (including phenoxy) is 2. The van der Waals surface area contributed by atoms with Crippen molar-refractivity contribution in [2.75, 3.05) is 24.7 Å². The average molecular weight is 430 g/mol. The zero-order chi connectivity index (χ0) is 19.4. The molecule has 0 atom stereocenters. The first-order valence-corrected chi connectivity index (χ1v) is 10.1. The highest BCUT2D eigenvalue weighted by Crippen LogP contribution is 2.40. The van der Waals surface area contributed by atoms with Crippen molar-refractivity contribution in [3.8, 4) is 11.5 Å². The van der Waals surface area contributed by atoms with E-state index in [2.05, 4.69) is 22.9 Å². The molecule has 1 aliphatic rings. The van der Waals surface area contributed by atoms with E-state index in [0.29, 0.717) is 36.8 Å². The number of amides is 1. The van der Waals surface area contributed by atoms with E-state index in [1.54, 1.807) is 0 Å². The van der Waals surface area contributed by atoms with Crippen molar-refractivity contribution in [3.05, 3.63) is 52.0 Å². The van der Waals surface area contributed by atoms with E-state index in [4.69, 9.17) is 9.47 Å². The van der Waals surface area contributed by atoms with Crippen LogP contribution in [0.15, 0.2) is 40.9 Å². The molecule has 142 valence electrons. The van der Waals surface area contributed by atoms with Gasteiger partial charge in [0.15, 0.2) is 11.5 Å². The minimum absolute atomic E-state index is 0.0387. The quantitative estimate of drug-likeness (QED) is 0.541. The lowest BCUT2D eigenvalue weighted by molar-refractivity contribution is -0.113. The number of carbonyl (C=O) groups is 1. The molecule has 5 heteroatoms. The van der Waals surface area contributed by atoms with Crippen molar-refractivity contribution in [1.29, 1.82) is 0 Å². The molecule has 0 unspecified atom stereocenters. The van der Waals surface area contributed by atoms with Gasteiger partial charge in [0.1, 0.15) is 0 Å². The smallest absolute Gasteiger partial charge is 0.258 e. The van der Waals surface area contributed by atoms with Crippen LogP contribution in [0.5, 0.6) is 11.5 Å². The third-order valence-electron chi connectivity index (χ3n) is 4.37. The van der Waals surface area contributed by atoms with Crippen LogP contribution >= 0.6 is 15.9 Å². The van der Waals surface area contributed by atoms with Crippen LogP contribution in [0, 0.1) is 0 Å². The van der Waals surface area contributed by atoms with E-state index in [0.717, 1.165) is 27.7 Å². The monoisotopic (exact) mass is 429 g/mol. The number of carbonyl (C=O) groups excluding carboxylic acids is 1. The molecule has 0 bridgehead atoms. The van der Waals surface area contributed by atoms with Gasteiger partial charge in [-0.3, -0.25) is 4.79 Å². The predicted molar refractivity (Wildman–Crippen MR) is 113 cm³/mol. The molecule has 1 aliphatic heterocycles. The Bertz CT molecular complexity index is 876. The van der Waals surface area contributed by atoms with Crippen molar-refractivity contribution in [3.63, 3.8) is 0 Å². The van der Waals surface area contributed by atoms with Crippen LogP contribution in [0.1, 0.15) is 38.3 Å². The molecule has 0 spiro atoms. The molecule has 0 aliphatic carbocycles. The van der Waals surface area contributed by atoms with Crippen molar-refractivity contribution in [2.24, 2.45) is 0 Å². The Morgan fingerprint density at radius 3 is 2.37 bits per heavy atom. The average Bonchev–Trinajstić information content (AvgIpc) is 2.92. The van der Waals surface area contributed by atoms with Gasteiger partial charge in [0.05, 0.1) is 18.9 Å². The SMILES string of the molecule is CCCN1C(=O)/C(=C\c2cc(OCC)c(OCC)cc2Br)c2ccccc21. The molecule has 2 aromatic rings. The summed E-state index contributed by atoms with van der Waals surface area (Å²) in [5.74, 6) is 1.41. The number of rotatable bonds is 7. The van der Waals surface area contributed by atoms with Crippen LogP contribution in [-0.2, 0) is 4.79 Å². The number of hydrogen-bond donors (Lipinski definition) is 0. The Kier molecular flexibility index (Phi) is 6.22. The van der Waals surface area contributed by atoms with E-state index in [1.807, 2.05) is 61.2 Å². The van der Waals surface area contributed by atoms with Crippen molar-refractivity contribution in [1.82, 2.24) is 0 Å². The molecule has 27 heavy (non-hydrogen) atoms. The predicted octanol–water partition coefficient (Wildman–Crippen LogP) is 5.54. The largest absolute Gasteiger partial charge is 0.490 e. The summed E-state index contributed by atoms with van der Waals surface area (Å²) in [7, 11) is 0. The van der Waals surface area contributed by atoms with Gasteiger partial charge < -0.3 is 14.4 Å². The second-order valence-corrected chi connectivity index (χ2v) is 7.07. The van der Waals surface area contributed by atoms with Gasteiger partial charge in [-0.1, -0.05) is 41.1 Å². The van der Waals surface area contributed by atoms with Crippen LogP contribution < -0.4 is 14.4 Å². The van der Waals surface area contributed by atoms with Crippen LogP contribution in [0.4, 0.5) is 5.69 Å². The molecule has 3 rings (SSSR count). The lowest BCUT2D eigenvalue weighted by Gasteiger charge is -2.15. The molecule has 0 fully saturated rings. The molecule has 1 amide bonds. The normalized spacial score (nSPS) is 14.6. The Hall–Kier alpha value is -2.27. The number of benzene rings is 2. The molecule has 0 saturated carbocycles. The first-order valence-electron chi connectivity index (χ1n) is 9.32. The number of nitrogens with zero attached hydrogens (tertiary/aromatic N) is 1. The Morgan fingerprint density at radius 1 is 1.04 bits per heavy atom. The van der Waals surface area contributed by atoms with Crippen LogP contribution in [0.3, 0.4) is 0 Å². The fourth-order valence-electron chi connectivity index (χ4n) is 3.25. The highest BCUT2D eigenvalue weighted by Gasteiger charge is 2.31. The zero-order valence-electron chi connectivity index (χ0n) is 15.9. The maximum absolute atomic E-state index is 13.0. The number of para-hydroxylation sites is 1. The highest BCUT2D eigenvalue weighted by atomic mass is 79.9. The van der Waals surface area contributed by atoms with Gasteiger partial charge in [-0.15, -0.1) is 0 Å². The first kappa shape index (κ1) is 19.5. The van der Waals surface area contributed by atoms with Gasteiger partial charge in [-0.2, -0.15) is 0 Å². The lowest BCUT2D eigenvalue weighted by atomic mass is 10.0. The lowest BCUT2D eigenvalue weighted by Crippen LogP contribution is -2.26. The fraction of sp³-hybridized carbons (Fsp3) is 0.318. The van der Waals surface area contributed by atoms with Crippen molar-refractivity contribution in [2.45, 2.75) is 27.2 Å². The topological polar surface area (TPSA) is 38.8 Å². The fourth-order valence-corrected chi connectivity index (χ4v) is 3.68. The standard InChI is InChI=1S/C22H24BrNO3/c1-4-11-24-19-10-8-7-9-16(19)17(22(24)25)12-15-13-20(26-5-2)21(27-6-3)14-18(15)23/h7-10,12-14H,4-6,11H2,1-3H3/b17-12-. The van der Waals surface area contributed by atoms with Gasteiger partial charge in [-0.05, 0) is 50.1 Å². The summed E-state index contributed by atoms with van der Waals surface area (Å²) in [6, 6.07) is 11.8. The van der Waals surface area contributed by atoms with Crippen LogP contribution in [0.25, 0.3) is 11.6 Å². The first-order chi connectivity index (χ1) is 13.1. The van der Waals surface area contributed by atoms with Crippen molar-refractivity contribution >= 4 is 39.2 Å². The highest BCUT2D eigenvalue weighted by molar-refractivity contribution is 9.10. The number of hydrogen-bond acceptors (Lipinski definition) is 3. The Morgan fingerprint density at radius 2 is 1.70 bits per heavy atom. The van der Waals surface area contributed by atoms with Crippen LogP contribution in [0.2, 0.25) is 0 Å². The molecular formula is C22H24BrNO3. The molecule has 1 heterocycles.